The van der Waals surface area contributed by atoms with Gasteiger partial charge in [-0.05, 0) is 135 Å². The number of ether oxygens (including phenoxy) is 3. The number of nitrogens with one attached hydrogen (secondary N) is 1. The Balaban J connectivity index is 0.000000117. The number of fused-ring (bicyclic) bond motifs is 6. The highest BCUT2D eigenvalue weighted by Crippen LogP contribution is 2.42. The molecule has 0 saturated carbocycles. The standard InChI is InChI=1S/C31H33N7O2.C31H32N6O2.C29H30N6O2S/c1-21-8-10-23(11-9-21)33-31(39)37-14-12-24(13-15-37)38-20-32-28-27(26-7-3-5-22-4-2-6-25(22)26)34-30(35-29(28)38)36-16-18-40-19-17-36;38-27(20-22-6-2-1-3-7-22)35-14-12-24(13-15-35)37-21-32-29-28(26-11-5-9-23-8-4-10-25(23)26)33-31(34-30(29)37)36-16-18-39-19-17-36;1-19-8-9-24(38-19)28(36)33-12-10-21(11-13-33)35-18-30-26-25(23-7-3-5-20-4-2-6-22(20)23)31-29(32-27(26)35)34-14-16-37-17-15-34/h2-3,5-11,20,24H,4,12-19H2,1H3,(H,33,39);1-7,9-11,21,24H,8,12-20H2;2-3,5-9,18,21H,4,10-17H2,1H3. The molecule has 117 heavy (non-hydrogen) atoms. The van der Waals surface area contributed by atoms with E-state index in [9.17, 15) is 14.4 Å². The predicted octanol–water partition coefficient (Wildman–Crippen LogP) is 14.1. The maximum atomic E-state index is 13.0. The Hall–Kier alpha value is -11.8. The third-order valence-electron chi connectivity index (χ3n) is 24.3. The van der Waals surface area contributed by atoms with Crippen LogP contribution in [0.25, 0.3) is 85.5 Å². The molecule has 26 heteroatoms. The number of carbonyl (C=O) groups excluding carboxylic acids is 3. The van der Waals surface area contributed by atoms with Crippen molar-refractivity contribution in [1.29, 1.82) is 0 Å². The number of aromatic nitrogens is 12. The van der Waals surface area contributed by atoms with Crippen molar-refractivity contribution in [2.75, 3.05) is 138 Å². The second kappa shape index (κ2) is 33.4. The van der Waals surface area contributed by atoms with Crippen LogP contribution in [-0.4, -0.2) is 209 Å². The lowest BCUT2D eigenvalue weighted by Crippen LogP contribution is -2.41. The van der Waals surface area contributed by atoms with E-state index in [2.05, 4.69) is 125 Å². The number of thiophene rings is 1. The van der Waals surface area contributed by atoms with Crippen molar-refractivity contribution in [3.8, 4) is 33.8 Å². The number of likely N-dealkylation sites (tertiary alicyclic amines) is 3. The Labute approximate surface area is 683 Å². The number of allylic oxidation sites excluding steroid dienone is 3. The Morgan fingerprint density at radius 2 is 0.812 bits per heavy atom. The fourth-order valence-corrected chi connectivity index (χ4v) is 18.6. The number of rotatable bonds is 13. The van der Waals surface area contributed by atoms with Crippen LogP contribution in [0.4, 0.5) is 28.3 Å². The Bertz CT molecular complexity index is 5770. The summed E-state index contributed by atoms with van der Waals surface area (Å²) in [6, 6.07) is 41.8. The Morgan fingerprint density at radius 3 is 1.21 bits per heavy atom. The third-order valence-corrected chi connectivity index (χ3v) is 25.3. The highest BCUT2D eigenvalue weighted by Gasteiger charge is 2.34. The predicted molar refractivity (Wildman–Crippen MR) is 458 cm³/mol. The summed E-state index contributed by atoms with van der Waals surface area (Å²) in [5, 5.41) is 3.03. The van der Waals surface area contributed by atoms with Crippen LogP contribution in [-0.2, 0) is 44.7 Å². The zero-order valence-corrected chi connectivity index (χ0v) is 67.0. The summed E-state index contributed by atoms with van der Waals surface area (Å²) in [4.78, 5) is 98.6. The molecule has 13 heterocycles. The zero-order valence-electron chi connectivity index (χ0n) is 66.2. The second-order valence-corrected chi connectivity index (χ2v) is 32.9. The van der Waals surface area contributed by atoms with Crippen LogP contribution < -0.4 is 20.0 Å². The van der Waals surface area contributed by atoms with Crippen LogP contribution in [0.15, 0.2) is 159 Å². The van der Waals surface area contributed by atoms with Crippen molar-refractivity contribution >= 4 is 104 Å². The van der Waals surface area contributed by atoms with E-state index in [0.717, 1.165) is 224 Å². The Morgan fingerprint density at radius 1 is 0.419 bits per heavy atom. The summed E-state index contributed by atoms with van der Waals surface area (Å²) in [5.41, 5.74) is 21.7. The number of imidazole rings is 3. The minimum atomic E-state index is -0.0528. The zero-order chi connectivity index (χ0) is 78.9. The topological polar surface area (TPSA) is 241 Å². The van der Waals surface area contributed by atoms with E-state index in [1.807, 2.05) is 114 Å². The summed E-state index contributed by atoms with van der Waals surface area (Å²) in [6.45, 7) is 17.0. The van der Waals surface area contributed by atoms with E-state index in [4.69, 9.17) is 59.1 Å². The second-order valence-electron chi connectivity index (χ2n) is 31.6. The van der Waals surface area contributed by atoms with Crippen molar-refractivity contribution < 1.29 is 28.6 Å². The molecule has 21 rings (SSSR count). The van der Waals surface area contributed by atoms with Gasteiger partial charge in [0.1, 0.15) is 33.6 Å². The van der Waals surface area contributed by atoms with Crippen LogP contribution in [0.2, 0.25) is 0 Å². The molecule has 0 atom stereocenters. The quantitative estimate of drug-likeness (QED) is 0.113. The molecule has 6 aliphatic heterocycles. The molecule has 6 saturated heterocycles. The van der Waals surface area contributed by atoms with Gasteiger partial charge in [-0.25, -0.2) is 34.7 Å². The van der Waals surface area contributed by atoms with E-state index >= 15 is 0 Å². The van der Waals surface area contributed by atoms with E-state index in [0.29, 0.717) is 59.2 Å². The monoisotopic (exact) mass is 1580 g/mol. The molecule has 0 spiro atoms. The molecular formula is C91H95N19O6S. The largest absolute Gasteiger partial charge is 0.378 e. The molecule has 5 aromatic carbocycles. The first kappa shape index (κ1) is 75.2. The summed E-state index contributed by atoms with van der Waals surface area (Å²) < 4.78 is 23.4. The van der Waals surface area contributed by atoms with Gasteiger partial charge in [-0.1, -0.05) is 139 Å². The molecule has 3 aliphatic carbocycles. The number of hydrogen-bond donors (Lipinski definition) is 1. The van der Waals surface area contributed by atoms with Gasteiger partial charge in [-0.2, -0.15) is 15.0 Å². The van der Waals surface area contributed by atoms with Crippen molar-refractivity contribution in [3.63, 3.8) is 0 Å². The van der Waals surface area contributed by atoms with Crippen LogP contribution in [0.1, 0.15) is 116 Å². The molecule has 6 fully saturated rings. The Kier molecular flexibility index (Phi) is 21.5. The van der Waals surface area contributed by atoms with Gasteiger partial charge in [-0.15, -0.1) is 11.3 Å². The van der Waals surface area contributed by atoms with E-state index in [1.165, 1.54) is 43.8 Å². The number of urea groups is 1. The molecular weight excluding hydrogens is 1490 g/mol. The molecule has 0 radical (unpaired) electrons. The normalized spacial score (nSPS) is 17.7. The molecule has 0 bridgehead atoms. The summed E-state index contributed by atoms with van der Waals surface area (Å²) in [7, 11) is 0. The fourth-order valence-electron chi connectivity index (χ4n) is 17.8. The number of morpholine rings is 3. The van der Waals surface area contributed by atoms with Gasteiger partial charge in [0.25, 0.3) is 5.91 Å². The van der Waals surface area contributed by atoms with Gasteiger partial charge in [0.15, 0.2) is 16.9 Å². The smallest absolute Gasteiger partial charge is 0.321 e. The summed E-state index contributed by atoms with van der Waals surface area (Å²) in [6.07, 6.45) is 27.5. The van der Waals surface area contributed by atoms with E-state index < -0.39 is 0 Å². The molecule has 9 aliphatic rings. The first-order valence-corrected chi connectivity index (χ1v) is 42.2. The first-order valence-electron chi connectivity index (χ1n) is 41.4. The van der Waals surface area contributed by atoms with Crippen molar-refractivity contribution in [2.24, 2.45) is 0 Å². The molecule has 7 aromatic heterocycles. The van der Waals surface area contributed by atoms with Crippen molar-refractivity contribution in [1.82, 2.24) is 73.3 Å². The number of hydrogen-bond acceptors (Lipinski definition) is 19. The number of carbonyl (C=O) groups is 3. The van der Waals surface area contributed by atoms with Gasteiger partial charge in [-0.3, -0.25) is 9.59 Å². The lowest BCUT2D eigenvalue weighted by Gasteiger charge is -2.33. The highest BCUT2D eigenvalue weighted by atomic mass is 32.1. The molecule has 0 unspecified atom stereocenters. The highest BCUT2D eigenvalue weighted by molar-refractivity contribution is 7.13. The van der Waals surface area contributed by atoms with Crippen LogP contribution in [0.5, 0.6) is 0 Å². The van der Waals surface area contributed by atoms with Gasteiger partial charge in [0, 0.05) is 124 Å². The minimum absolute atomic E-state index is 0.0528. The number of benzene rings is 5. The average Bonchev–Trinajstić information content (AvgIpc) is 1.64. The van der Waals surface area contributed by atoms with E-state index in [1.54, 1.807) is 11.3 Å². The van der Waals surface area contributed by atoms with Crippen molar-refractivity contribution in [2.45, 2.75) is 96.2 Å². The lowest BCUT2D eigenvalue weighted by molar-refractivity contribution is -0.131. The number of amides is 4. The maximum absolute atomic E-state index is 13.0. The maximum Gasteiger partial charge on any atom is 0.321 e. The van der Waals surface area contributed by atoms with Crippen LogP contribution >= 0.6 is 11.3 Å². The van der Waals surface area contributed by atoms with Crippen LogP contribution in [0.3, 0.4) is 0 Å². The summed E-state index contributed by atoms with van der Waals surface area (Å²) >= 11 is 1.57. The molecule has 25 nitrogen and oxygen atoms in total. The average molecular weight is 1580 g/mol. The number of aryl methyl sites for hydroxylation is 2. The first-order chi connectivity index (χ1) is 57.5. The van der Waals surface area contributed by atoms with Crippen LogP contribution in [0, 0.1) is 13.8 Å². The molecule has 596 valence electrons. The van der Waals surface area contributed by atoms with Gasteiger partial charge >= 0.3 is 6.03 Å². The summed E-state index contributed by atoms with van der Waals surface area (Å²) in [5.74, 6) is 2.53. The molecule has 1 N–H and O–H groups in total. The number of piperidine rings is 3. The van der Waals surface area contributed by atoms with Gasteiger partial charge in [0.2, 0.25) is 23.8 Å². The van der Waals surface area contributed by atoms with Crippen molar-refractivity contribution in [3.05, 3.63) is 213 Å². The van der Waals surface area contributed by atoms with E-state index in [-0.39, 0.29) is 36.0 Å². The van der Waals surface area contributed by atoms with Gasteiger partial charge < -0.3 is 62.6 Å². The third kappa shape index (κ3) is 15.6. The number of anilines is 4. The number of nitrogens with zero attached hydrogens (tertiary/aromatic N) is 18. The lowest BCUT2D eigenvalue weighted by atomic mass is 10.00. The minimum Gasteiger partial charge on any atom is -0.378 e. The van der Waals surface area contributed by atoms with Gasteiger partial charge in [0.05, 0.1) is 69.9 Å². The fraction of sp³-hybridized carbons (Fsp3) is 0.363. The molecule has 12 aromatic rings. The molecule has 4 amide bonds. The SMILES string of the molecule is Cc1ccc(C(=O)N2CCC(n3cnc4c(-c5cccc6c5C=CC6)nc(N5CCOCC5)nc43)CC2)s1.Cc1ccc(NC(=O)N2CCC(n3cnc4c(-c5cccc6c5C=CC6)nc(N5CCOCC5)nc43)CC2)cc1.O=C(Cc1ccccc1)N1CCC(n2cnc3c(-c4cccc5c4C=CC5)nc(N4CCOCC4)nc32)CC1.